The molecule has 1 aliphatic heterocycles. The highest BCUT2D eigenvalue weighted by Gasteiger charge is 2.30. The fraction of sp³-hybridized carbons (Fsp3) is 0.211. The Morgan fingerprint density at radius 1 is 1.20 bits per heavy atom. The Morgan fingerprint density at radius 2 is 1.96 bits per heavy atom. The topological polar surface area (TPSA) is 66.5 Å². The number of carbonyl (C=O) groups excluding carboxylic acids is 3. The summed E-state index contributed by atoms with van der Waals surface area (Å²) in [6.45, 7) is 1.62. The first-order valence-corrected chi connectivity index (χ1v) is 7.94. The quantitative estimate of drug-likeness (QED) is 0.870. The van der Waals surface area contributed by atoms with Crippen molar-refractivity contribution in [2.45, 2.75) is 19.8 Å². The van der Waals surface area contributed by atoms with Crippen LogP contribution in [0.3, 0.4) is 0 Å². The minimum absolute atomic E-state index is 0.00776. The van der Waals surface area contributed by atoms with E-state index in [1.807, 2.05) is 0 Å². The lowest BCUT2D eigenvalue weighted by Gasteiger charge is -2.26. The van der Waals surface area contributed by atoms with Crippen LogP contribution in [0.25, 0.3) is 0 Å². The van der Waals surface area contributed by atoms with Crippen LogP contribution in [0, 0.1) is 12.7 Å². The summed E-state index contributed by atoms with van der Waals surface area (Å²) in [6.07, 6.45) is 0.0991. The number of anilines is 1. The molecule has 0 saturated heterocycles. The van der Waals surface area contributed by atoms with E-state index in [0.29, 0.717) is 22.4 Å². The second-order valence-electron chi connectivity index (χ2n) is 5.95. The highest BCUT2D eigenvalue weighted by Crippen LogP contribution is 2.20. The van der Waals surface area contributed by atoms with Crippen molar-refractivity contribution in [3.63, 3.8) is 0 Å². The van der Waals surface area contributed by atoms with Gasteiger partial charge in [-0.2, -0.15) is 0 Å². The molecule has 6 heteroatoms. The molecule has 0 unspecified atom stereocenters. The third kappa shape index (κ3) is 3.57. The molecule has 0 spiro atoms. The number of halogens is 1. The van der Waals surface area contributed by atoms with Crippen molar-refractivity contribution in [1.82, 2.24) is 4.90 Å². The van der Waals surface area contributed by atoms with E-state index in [9.17, 15) is 18.8 Å². The number of amides is 3. The van der Waals surface area contributed by atoms with E-state index in [-0.39, 0.29) is 37.1 Å². The van der Waals surface area contributed by atoms with Gasteiger partial charge in [-0.15, -0.1) is 0 Å². The number of hydrogen-bond acceptors (Lipinski definition) is 3. The normalized spacial score (nSPS) is 13.6. The summed E-state index contributed by atoms with van der Waals surface area (Å²) in [4.78, 5) is 37.7. The molecule has 0 aliphatic carbocycles. The summed E-state index contributed by atoms with van der Waals surface area (Å²) >= 11 is 0. The summed E-state index contributed by atoms with van der Waals surface area (Å²) in [5.74, 6) is -1.50. The molecule has 0 radical (unpaired) electrons. The molecule has 3 amide bonds. The monoisotopic (exact) mass is 340 g/mol. The van der Waals surface area contributed by atoms with Crippen molar-refractivity contribution in [3.05, 3.63) is 65.0 Å². The number of imide groups is 1. The lowest BCUT2D eigenvalue weighted by atomic mass is 9.98. The molecule has 5 nitrogen and oxygen atoms in total. The van der Waals surface area contributed by atoms with Crippen LogP contribution in [0.4, 0.5) is 10.1 Å². The van der Waals surface area contributed by atoms with Crippen LogP contribution in [0.5, 0.6) is 0 Å². The average molecular weight is 340 g/mol. The number of hydrogen-bond donors (Lipinski definition) is 1. The van der Waals surface area contributed by atoms with Gasteiger partial charge < -0.3 is 5.32 Å². The number of nitrogens with one attached hydrogen (secondary N) is 1. The maximum Gasteiger partial charge on any atom is 0.260 e. The Morgan fingerprint density at radius 3 is 2.72 bits per heavy atom. The number of fused-ring (bicyclic) bond motifs is 1. The zero-order chi connectivity index (χ0) is 18.0. The SMILES string of the molecule is Cc1ccc(NC(=O)CCN2C(=O)Cc3ccccc3C2=O)cc1F. The van der Waals surface area contributed by atoms with Gasteiger partial charge in [-0.3, -0.25) is 19.3 Å². The highest BCUT2D eigenvalue weighted by atomic mass is 19.1. The molecular formula is C19H17FN2O3. The molecule has 0 bridgehead atoms. The van der Waals surface area contributed by atoms with Crippen LogP contribution >= 0.6 is 0 Å². The zero-order valence-corrected chi connectivity index (χ0v) is 13.7. The van der Waals surface area contributed by atoms with Crippen LogP contribution in [-0.4, -0.2) is 29.2 Å². The minimum Gasteiger partial charge on any atom is -0.326 e. The summed E-state index contributed by atoms with van der Waals surface area (Å²) in [6, 6.07) is 11.4. The highest BCUT2D eigenvalue weighted by molar-refractivity contribution is 6.10. The van der Waals surface area contributed by atoms with E-state index in [2.05, 4.69) is 5.32 Å². The lowest BCUT2D eigenvalue weighted by molar-refractivity contribution is -0.128. The van der Waals surface area contributed by atoms with Gasteiger partial charge in [0.1, 0.15) is 5.82 Å². The van der Waals surface area contributed by atoms with Crippen LogP contribution < -0.4 is 5.32 Å². The molecule has 25 heavy (non-hydrogen) atoms. The Hall–Kier alpha value is -3.02. The molecule has 1 N–H and O–H groups in total. The number of carbonyl (C=O) groups is 3. The summed E-state index contributed by atoms with van der Waals surface area (Å²) in [5.41, 5.74) is 2.02. The fourth-order valence-electron chi connectivity index (χ4n) is 2.73. The molecule has 0 saturated carbocycles. The molecule has 1 aliphatic rings. The van der Waals surface area contributed by atoms with Crippen LogP contribution in [0.1, 0.15) is 27.9 Å². The van der Waals surface area contributed by atoms with E-state index >= 15 is 0 Å². The summed E-state index contributed by atoms with van der Waals surface area (Å²) in [7, 11) is 0. The first-order chi connectivity index (χ1) is 12.0. The molecule has 128 valence electrons. The summed E-state index contributed by atoms with van der Waals surface area (Å²) < 4.78 is 13.5. The Balaban J connectivity index is 1.63. The van der Waals surface area contributed by atoms with E-state index in [4.69, 9.17) is 0 Å². The molecule has 0 atom stereocenters. The number of aryl methyl sites for hydroxylation is 1. The van der Waals surface area contributed by atoms with E-state index in [1.54, 1.807) is 43.3 Å². The van der Waals surface area contributed by atoms with Crippen LogP contribution in [0.2, 0.25) is 0 Å². The fourth-order valence-corrected chi connectivity index (χ4v) is 2.73. The van der Waals surface area contributed by atoms with E-state index in [0.717, 1.165) is 4.90 Å². The first kappa shape index (κ1) is 16.8. The smallest absolute Gasteiger partial charge is 0.260 e. The van der Waals surface area contributed by atoms with Gasteiger partial charge in [0.2, 0.25) is 11.8 Å². The Kier molecular flexibility index (Phi) is 4.61. The van der Waals surface area contributed by atoms with Crippen molar-refractivity contribution < 1.29 is 18.8 Å². The number of nitrogens with zero attached hydrogens (tertiary/aromatic N) is 1. The predicted octanol–water partition coefficient (Wildman–Crippen LogP) is 2.69. The second-order valence-corrected chi connectivity index (χ2v) is 5.95. The van der Waals surface area contributed by atoms with Crippen LogP contribution in [-0.2, 0) is 16.0 Å². The first-order valence-electron chi connectivity index (χ1n) is 7.94. The molecule has 2 aromatic rings. The molecule has 0 aromatic heterocycles. The van der Waals surface area contributed by atoms with Gasteiger partial charge in [-0.1, -0.05) is 24.3 Å². The standard InChI is InChI=1S/C19H17FN2O3/c1-12-6-7-14(11-16(12)20)21-17(23)8-9-22-18(24)10-13-4-2-3-5-15(13)19(22)25/h2-7,11H,8-10H2,1H3,(H,21,23). The molecule has 0 fully saturated rings. The Labute approximate surface area is 144 Å². The largest absolute Gasteiger partial charge is 0.326 e. The third-order valence-corrected chi connectivity index (χ3v) is 4.15. The number of benzene rings is 2. The van der Waals surface area contributed by atoms with Crippen LogP contribution in [0.15, 0.2) is 42.5 Å². The Bertz CT molecular complexity index is 863. The maximum atomic E-state index is 13.5. The second kappa shape index (κ2) is 6.84. The molecule has 2 aromatic carbocycles. The van der Waals surface area contributed by atoms with Crippen molar-refractivity contribution in [2.75, 3.05) is 11.9 Å². The predicted molar refractivity (Wildman–Crippen MR) is 90.6 cm³/mol. The molecule has 3 rings (SSSR count). The van der Waals surface area contributed by atoms with E-state index < -0.39 is 5.82 Å². The van der Waals surface area contributed by atoms with Crippen molar-refractivity contribution >= 4 is 23.4 Å². The van der Waals surface area contributed by atoms with Gasteiger partial charge in [0.25, 0.3) is 5.91 Å². The maximum absolute atomic E-state index is 13.5. The number of rotatable bonds is 4. The van der Waals surface area contributed by atoms with Gasteiger partial charge in [-0.05, 0) is 36.2 Å². The van der Waals surface area contributed by atoms with Crippen molar-refractivity contribution in [3.8, 4) is 0 Å². The van der Waals surface area contributed by atoms with Gasteiger partial charge in [-0.25, -0.2) is 4.39 Å². The van der Waals surface area contributed by atoms with Gasteiger partial charge in [0.15, 0.2) is 0 Å². The van der Waals surface area contributed by atoms with E-state index in [1.165, 1.54) is 6.07 Å². The van der Waals surface area contributed by atoms with Gasteiger partial charge >= 0.3 is 0 Å². The van der Waals surface area contributed by atoms with Gasteiger partial charge in [0, 0.05) is 24.2 Å². The van der Waals surface area contributed by atoms with Gasteiger partial charge in [0.05, 0.1) is 6.42 Å². The zero-order valence-electron chi connectivity index (χ0n) is 13.7. The molecule has 1 heterocycles. The summed E-state index contributed by atoms with van der Waals surface area (Å²) in [5, 5.41) is 2.57. The molecular weight excluding hydrogens is 323 g/mol. The average Bonchev–Trinajstić information content (AvgIpc) is 2.58. The van der Waals surface area contributed by atoms with Crippen molar-refractivity contribution in [1.29, 1.82) is 0 Å². The minimum atomic E-state index is -0.407. The lowest BCUT2D eigenvalue weighted by Crippen LogP contribution is -2.43. The van der Waals surface area contributed by atoms with Crippen molar-refractivity contribution in [2.24, 2.45) is 0 Å². The third-order valence-electron chi connectivity index (χ3n) is 4.15.